The van der Waals surface area contributed by atoms with E-state index in [-0.39, 0.29) is 11.2 Å². The van der Waals surface area contributed by atoms with Gasteiger partial charge in [0.05, 0.1) is 17.4 Å². The summed E-state index contributed by atoms with van der Waals surface area (Å²) < 4.78 is 49.0. The highest BCUT2D eigenvalue weighted by Crippen LogP contribution is 2.37. The van der Waals surface area contributed by atoms with Crippen LogP contribution in [0.2, 0.25) is 0 Å². The molecule has 0 amide bonds. The topological polar surface area (TPSA) is 77.0 Å². The molecule has 0 bridgehead atoms. The normalized spacial score (nSPS) is 13.9. The Kier molecular flexibility index (Phi) is 5.97. The molecule has 6 rings (SSSR count). The molecule has 0 aliphatic carbocycles. The summed E-state index contributed by atoms with van der Waals surface area (Å²) in [5.74, 6) is 0.532. The Hall–Kier alpha value is -4.47. The summed E-state index contributed by atoms with van der Waals surface area (Å²) in [7, 11) is 0. The van der Waals surface area contributed by atoms with Gasteiger partial charge in [-0.25, -0.2) is 9.97 Å². The van der Waals surface area contributed by atoms with E-state index in [0.29, 0.717) is 28.1 Å². The second-order valence-electron chi connectivity index (χ2n) is 9.82. The quantitative estimate of drug-likeness (QED) is 0.269. The second-order valence-corrected chi connectivity index (χ2v) is 9.82. The van der Waals surface area contributed by atoms with Gasteiger partial charge in [0, 0.05) is 41.5 Å². The number of rotatable bonds is 4. The maximum absolute atomic E-state index is 14.2. The first-order chi connectivity index (χ1) is 18.7. The smallest absolute Gasteiger partial charge is 0.418 e. The van der Waals surface area contributed by atoms with E-state index in [0.717, 1.165) is 53.4 Å². The molecule has 1 aliphatic heterocycles. The molecule has 1 aliphatic rings. The average molecular weight is 532 g/mol. The predicted molar refractivity (Wildman–Crippen MR) is 142 cm³/mol. The molecular weight excluding hydrogens is 507 g/mol. The number of hydrogen-bond donors (Lipinski definition) is 0. The van der Waals surface area contributed by atoms with Gasteiger partial charge in [0.2, 0.25) is 0 Å². The van der Waals surface area contributed by atoms with Crippen LogP contribution < -0.4 is 10.5 Å². The highest BCUT2D eigenvalue weighted by atomic mass is 19.4. The SMILES string of the molecule is Cc1cc(-c2cnco2)cc(-c2nn(-c3cc(N4CCCC4)ccc3C(F)(F)F)c(=O)c3ncc(C)cc23)c1. The molecule has 39 heavy (non-hydrogen) atoms. The van der Waals surface area contributed by atoms with Gasteiger partial charge in [-0.05, 0) is 80.3 Å². The van der Waals surface area contributed by atoms with Gasteiger partial charge in [-0.3, -0.25) is 4.79 Å². The molecule has 0 spiro atoms. The lowest BCUT2D eigenvalue weighted by molar-refractivity contribution is -0.137. The molecule has 0 saturated carbocycles. The van der Waals surface area contributed by atoms with Crippen molar-refractivity contribution in [3.8, 4) is 28.3 Å². The van der Waals surface area contributed by atoms with Crippen LogP contribution in [0.15, 0.2) is 70.5 Å². The summed E-state index contributed by atoms with van der Waals surface area (Å²) in [4.78, 5) is 24.0. The molecule has 7 nitrogen and oxygen atoms in total. The summed E-state index contributed by atoms with van der Waals surface area (Å²) in [6.07, 6.45) is 1.65. The van der Waals surface area contributed by atoms with E-state index in [4.69, 9.17) is 4.42 Å². The van der Waals surface area contributed by atoms with Crippen LogP contribution >= 0.6 is 0 Å². The van der Waals surface area contributed by atoms with E-state index in [2.05, 4.69) is 15.1 Å². The van der Waals surface area contributed by atoms with Gasteiger partial charge in [-0.2, -0.15) is 23.0 Å². The maximum atomic E-state index is 14.2. The first kappa shape index (κ1) is 24.8. The fourth-order valence-corrected chi connectivity index (χ4v) is 5.12. The minimum Gasteiger partial charge on any atom is -0.444 e. The molecule has 2 aromatic carbocycles. The van der Waals surface area contributed by atoms with E-state index in [9.17, 15) is 18.0 Å². The Morgan fingerprint density at radius 2 is 1.69 bits per heavy atom. The molecule has 198 valence electrons. The van der Waals surface area contributed by atoms with Crippen LogP contribution in [0, 0.1) is 13.8 Å². The minimum absolute atomic E-state index is 0.0352. The third-order valence-electron chi connectivity index (χ3n) is 6.93. The molecular formula is C29H24F3N5O2. The Morgan fingerprint density at radius 3 is 2.41 bits per heavy atom. The Morgan fingerprint density at radius 1 is 0.923 bits per heavy atom. The Bertz CT molecular complexity index is 1750. The van der Waals surface area contributed by atoms with Gasteiger partial charge in [-0.1, -0.05) is 0 Å². The number of hydrogen-bond acceptors (Lipinski definition) is 6. The summed E-state index contributed by atoms with van der Waals surface area (Å²) >= 11 is 0. The first-order valence-electron chi connectivity index (χ1n) is 12.6. The molecule has 1 saturated heterocycles. The standard InChI is InChI=1S/C29H24F3N5O2/c1-17-9-19(25-15-33-16-39-25)12-20(10-17)26-22-11-18(2)14-34-27(22)28(38)37(35-26)24-13-21(36-7-3-4-8-36)5-6-23(24)29(30,31)32/h5-6,9-16H,3-4,7-8H2,1-2H3. The van der Waals surface area contributed by atoms with Crippen molar-refractivity contribution in [2.45, 2.75) is 32.9 Å². The predicted octanol–water partition coefficient (Wildman–Crippen LogP) is 6.34. The van der Waals surface area contributed by atoms with Gasteiger partial charge in [0.1, 0.15) is 11.2 Å². The largest absolute Gasteiger partial charge is 0.444 e. The van der Waals surface area contributed by atoms with Crippen molar-refractivity contribution in [1.29, 1.82) is 0 Å². The maximum Gasteiger partial charge on any atom is 0.418 e. The first-order valence-corrected chi connectivity index (χ1v) is 12.6. The fourth-order valence-electron chi connectivity index (χ4n) is 5.12. The lowest BCUT2D eigenvalue weighted by atomic mass is 10.00. The molecule has 3 aromatic heterocycles. The van der Waals surface area contributed by atoms with Gasteiger partial charge in [0.15, 0.2) is 12.2 Å². The number of nitrogens with zero attached hydrogens (tertiary/aromatic N) is 5. The number of halogens is 3. The number of aryl methyl sites for hydroxylation is 2. The van der Waals surface area contributed by atoms with Crippen LogP contribution in [0.5, 0.6) is 0 Å². The molecule has 0 radical (unpaired) electrons. The van der Waals surface area contributed by atoms with E-state index >= 15 is 0 Å². The monoisotopic (exact) mass is 531 g/mol. The number of aromatic nitrogens is 4. The van der Waals surface area contributed by atoms with Crippen molar-refractivity contribution in [2.75, 3.05) is 18.0 Å². The number of pyridine rings is 1. The highest BCUT2D eigenvalue weighted by molar-refractivity contribution is 5.93. The lowest BCUT2D eigenvalue weighted by Crippen LogP contribution is -2.26. The van der Waals surface area contributed by atoms with Crippen LogP contribution in [-0.2, 0) is 6.18 Å². The minimum atomic E-state index is -4.70. The van der Waals surface area contributed by atoms with E-state index in [1.807, 2.05) is 36.9 Å². The van der Waals surface area contributed by atoms with Crippen LogP contribution in [0.25, 0.3) is 39.2 Å². The molecule has 4 heterocycles. The summed E-state index contributed by atoms with van der Waals surface area (Å²) in [5, 5.41) is 5.04. The van der Waals surface area contributed by atoms with Crippen LogP contribution in [0.4, 0.5) is 18.9 Å². The summed E-state index contributed by atoms with van der Waals surface area (Å²) in [6, 6.07) is 11.3. The number of alkyl halides is 3. The lowest BCUT2D eigenvalue weighted by Gasteiger charge is -2.22. The average Bonchev–Trinajstić information content (AvgIpc) is 3.63. The summed E-state index contributed by atoms with van der Waals surface area (Å²) in [6.45, 7) is 5.21. The van der Waals surface area contributed by atoms with Crippen LogP contribution in [0.1, 0.15) is 29.5 Å². The van der Waals surface area contributed by atoms with Crippen molar-refractivity contribution in [2.24, 2.45) is 0 Å². The summed E-state index contributed by atoms with van der Waals surface area (Å²) in [5.41, 5.74) is 2.00. The number of anilines is 1. The Balaban J connectivity index is 1.65. The van der Waals surface area contributed by atoms with Crippen LogP contribution in [0.3, 0.4) is 0 Å². The van der Waals surface area contributed by atoms with E-state index in [1.54, 1.807) is 12.3 Å². The number of fused-ring (bicyclic) bond motifs is 1. The van der Waals surface area contributed by atoms with Crippen molar-refractivity contribution in [3.05, 3.63) is 88.3 Å². The van der Waals surface area contributed by atoms with Gasteiger partial charge in [0.25, 0.3) is 5.56 Å². The fraction of sp³-hybridized carbons (Fsp3) is 0.241. The Labute approximate surface area is 221 Å². The highest BCUT2D eigenvalue weighted by Gasteiger charge is 2.35. The van der Waals surface area contributed by atoms with Gasteiger partial charge >= 0.3 is 6.18 Å². The van der Waals surface area contributed by atoms with E-state index in [1.165, 1.54) is 24.7 Å². The third kappa shape index (κ3) is 4.56. The molecule has 1 fully saturated rings. The zero-order valence-electron chi connectivity index (χ0n) is 21.3. The van der Waals surface area contributed by atoms with Gasteiger partial charge in [-0.15, -0.1) is 0 Å². The zero-order chi connectivity index (χ0) is 27.3. The molecule has 0 N–H and O–H groups in total. The number of benzene rings is 2. The van der Waals surface area contributed by atoms with Crippen molar-refractivity contribution in [3.63, 3.8) is 0 Å². The van der Waals surface area contributed by atoms with Crippen molar-refractivity contribution in [1.82, 2.24) is 19.7 Å². The second kappa shape index (κ2) is 9.37. The van der Waals surface area contributed by atoms with Crippen molar-refractivity contribution < 1.29 is 17.6 Å². The van der Waals surface area contributed by atoms with E-state index < -0.39 is 17.3 Å². The third-order valence-corrected chi connectivity index (χ3v) is 6.93. The molecule has 0 unspecified atom stereocenters. The van der Waals surface area contributed by atoms with Crippen molar-refractivity contribution >= 4 is 16.6 Å². The molecule has 10 heteroatoms. The zero-order valence-corrected chi connectivity index (χ0v) is 21.3. The molecule has 5 aromatic rings. The van der Waals surface area contributed by atoms with Crippen LogP contribution in [-0.4, -0.2) is 32.8 Å². The number of oxazole rings is 1. The van der Waals surface area contributed by atoms with Gasteiger partial charge < -0.3 is 9.32 Å². The molecule has 0 atom stereocenters.